The molecule has 2 amide bonds. The minimum atomic E-state index is -5.08. The number of carboxylic acids is 1. The monoisotopic (exact) mass is 499 g/mol. The Bertz CT molecular complexity index is 1050. The molecule has 35 heavy (non-hydrogen) atoms. The summed E-state index contributed by atoms with van der Waals surface area (Å²) in [5.41, 5.74) is 1.63. The number of aromatic nitrogens is 3. The van der Waals surface area contributed by atoms with Gasteiger partial charge in [-0.25, -0.2) is 14.2 Å². The predicted molar refractivity (Wildman–Crippen MR) is 113 cm³/mol. The van der Waals surface area contributed by atoms with Crippen molar-refractivity contribution in [1.29, 1.82) is 0 Å². The van der Waals surface area contributed by atoms with Crippen LogP contribution in [0.25, 0.3) is 0 Å². The van der Waals surface area contributed by atoms with Gasteiger partial charge < -0.3 is 19.9 Å². The van der Waals surface area contributed by atoms with Gasteiger partial charge in [0.25, 0.3) is 0 Å². The molecular formula is C22H25F4N5O4. The minimum Gasteiger partial charge on any atom is -0.475 e. The maximum atomic E-state index is 13.1. The first-order valence-corrected chi connectivity index (χ1v) is 10.9. The lowest BCUT2D eigenvalue weighted by Crippen LogP contribution is -2.47. The Morgan fingerprint density at radius 3 is 2.49 bits per heavy atom. The van der Waals surface area contributed by atoms with Gasteiger partial charge in [-0.1, -0.05) is 6.07 Å². The molecule has 2 aromatic rings. The van der Waals surface area contributed by atoms with Crippen molar-refractivity contribution >= 4 is 17.8 Å². The van der Waals surface area contributed by atoms with E-state index in [2.05, 4.69) is 15.3 Å². The van der Waals surface area contributed by atoms with Crippen molar-refractivity contribution in [3.8, 4) is 0 Å². The largest absolute Gasteiger partial charge is 0.490 e. The molecule has 1 saturated carbocycles. The minimum absolute atomic E-state index is 0.0198. The van der Waals surface area contributed by atoms with Crippen LogP contribution in [0.3, 0.4) is 0 Å². The molecular weight excluding hydrogens is 474 g/mol. The molecule has 2 aliphatic rings. The second kappa shape index (κ2) is 10.8. The first-order chi connectivity index (χ1) is 16.5. The summed E-state index contributed by atoms with van der Waals surface area (Å²) in [4.78, 5) is 44.2. The molecule has 9 nitrogen and oxygen atoms in total. The number of amides is 2. The molecule has 2 N–H and O–H groups in total. The smallest absolute Gasteiger partial charge is 0.475 e. The number of nitrogens with one attached hydrogen (secondary N) is 1. The summed E-state index contributed by atoms with van der Waals surface area (Å²) in [5.74, 6) is -2.26. The van der Waals surface area contributed by atoms with Crippen LogP contribution in [0.1, 0.15) is 42.9 Å². The van der Waals surface area contributed by atoms with Crippen LogP contribution >= 0.6 is 0 Å². The van der Waals surface area contributed by atoms with Gasteiger partial charge in [-0.3, -0.25) is 14.6 Å². The number of nitrogens with zero attached hydrogens (tertiary/aromatic N) is 4. The molecule has 1 aliphatic carbocycles. The van der Waals surface area contributed by atoms with Crippen molar-refractivity contribution in [2.45, 2.75) is 57.7 Å². The van der Waals surface area contributed by atoms with Gasteiger partial charge in [0.05, 0.1) is 18.2 Å². The maximum absolute atomic E-state index is 13.1. The van der Waals surface area contributed by atoms with E-state index in [1.807, 2.05) is 29.8 Å². The second-order valence-corrected chi connectivity index (χ2v) is 8.37. The quantitative estimate of drug-likeness (QED) is 0.611. The lowest BCUT2D eigenvalue weighted by molar-refractivity contribution is -0.192. The van der Waals surface area contributed by atoms with Crippen LogP contribution in [0.2, 0.25) is 0 Å². The molecule has 1 atom stereocenters. The molecule has 3 heterocycles. The molecule has 1 aliphatic heterocycles. The highest BCUT2D eigenvalue weighted by molar-refractivity contribution is 5.80. The van der Waals surface area contributed by atoms with Crippen LogP contribution < -0.4 is 5.32 Å². The Morgan fingerprint density at radius 1 is 1.23 bits per heavy atom. The Labute approximate surface area is 198 Å². The van der Waals surface area contributed by atoms with Crippen LogP contribution in [0.5, 0.6) is 0 Å². The number of hydrogen-bond acceptors (Lipinski definition) is 5. The molecule has 0 bridgehead atoms. The van der Waals surface area contributed by atoms with E-state index >= 15 is 0 Å². The van der Waals surface area contributed by atoms with Gasteiger partial charge in [-0.05, 0) is 31.4 Å². The predicted octanol–water partition coefficient (Wildman–Crippen LogP) is 2.42. The number of aliphatic carboxylic acids is 1. The van der Waals surface area contributed by atoms with Crippen LogP contribution in [-0.4, -0.2) is 61.2 Å². The van der Waals surface area contributed by atoms with Gasteiger partial charge in [-0.15, -0.1) is 0 Å². The van der Waals surface area contributed by atoms with E-state index < -0.39 is 18.3 Å². The first-order valence-electron chi connectivity index (χ1n) is 10.9. The number of imidazole rings is 1. The normalized spacial score (nSPS) is 21.2. The third kappa shape index (κ3) is 6.76. The Hall–Kier alpha value is -3.51. The van der Waals surface area contributed by atoms with Gasteiger partial charge >= 0.3 is 12.1 Å². The van der Waals surface area contributed by atoms with Crippen molar-refractivity contribution < 1.29 is 37.1 Å². The van der Waals surface area contributed by atoms with Gasteiger partial charge in [-0.2, -0.15) is 13.2 Å². The number of carbonyl (C=O) groups excluding carboxylic acids is 2. The van der Waals surface area contributed by atoms with Crippen molar-refractivity contribution in [2.75, 3.05) is 6.54 Å². The van der Waals surface area contributed by atoms with E-state index in [0.717, 1.165) is 11.4 Å². The average Bonchev–Trinajstić information content (AvgIpc) is 3.19. The van der Waals surface area contributed by atoms with Crippen molar-refractivity contribution in [3.63, 3.8) is 0 Å². The summed E-state index contributed by atoms with van der Waals surface area (Å²) in [6.45, 7) is 3.59. The number of fused-ring (bicyclic) bond motifs is 1. The number of pyridine rings is 1. The zero-order valence-corrected chi connectivity index (χ0v) is 18.8. The Balaban J connectivity index is 0.000000429. The van der Waals surface area contributed by atoms with E-state index in [1.165, 1.54) is 0 Å². The summed E-state index contributed by atoms with van der Waals surface area (Å²) in [6, 6.07) is 3.56. The van der Waals surface area contributed by atoms with E-state index in [1.54, 1.807) is 17.3 Å². The van der Waals surface area contributed by atoms with E-state index in [9.17, 15) is 27.2 Å². The standard InChI is InChI=1S/C20H24FN5O2.C2HF3O2/c1-13-19-24-17(9-18(27)23-11-14-3-2-4-22-10-14)12-25(19)5-6-26(13)20(28)15-7-16(21)8-15;3-2(4,5)1(6)7/h2-4,10,12-13,15-16H,5-9,11H2,1H3,(H,23,27);(H,6,7). The fraction of sp³-hybridized carbons (Fsp3) is 0.500. The number of alkyl halides is 4. The molecule has 4 rings (SSSR count). The summed E-state index contributed by atoms with van der Waals surface area (Å²) in [7, 11) is 0. The zero-order valence-electron chi connectivity index (χ0n) is 18.8. The third-order valence-corrected chi connectivity index (χ3v) is 5.79. The van der Waals surface area contributed by atoms with Crippen LogP contribution in [0, 0.1) is 5.92 Å². The fourth-order valence-electron chi connectivity index (χ4n) is 3.85. The number of hydrogen-bond donors (Lipinski definition) is 2. The highest BCUT2D eigenvalue weighted by Crippen LogP contribution is 2.35. The highest BCUT2D eigenvalue weighted by Gasteiger charge is 2.40. The lowest BCUT2D eigenvalue weighted by Gasteiger charge is -2.39. The second-order valence-electron chi connectivity index (χ2n) is 8.37. The van der Waals surface area contributed by atoms with Gasteiger partial charge in [0.1, 0.15) is 12.0 Å². The first kappa shape index (κ1) is 26.1. The molecule has 190 valence electrons. The maximum Gasteiger partial charge on any atom is 0.490 e. The molecule has 1 fully saturated rings. The number of carbonyl (C=O) groups is 3. The average molecular weight is 499 g/mol. The van der Waals surface area contributed by atoms with Crippen LogP contribution in [0.4, 0.5) is 17.6 Å². The summed E-state index contributed by atoms with van der Waals surface area (Å²) < 4.78 is 46.8. The van der Waals surface area contributed by atoms with Gasteiger partial charge in [0.2, 0.25) is 11.8 Å². The SMILES string of the molecule is CC1c2nc(CC(=O)NCc3cccnc3)cn2CCN1C(=O)C1CC(F)C1.O=C(O)C(F)(F)F. The number of halogens is 4. The lowest BCUT2D eigenvalue weighted by atomic mass is 9.82. The number of rotatable bonds is 5. The van der Waals surface area contributed by atoms with Crippen LogP contribution in [-0.2, 0) is 33.9 Å². The number of carboxylic acid groups (broad SMARTS) is 1. The molecule has 2 aromatic heterocycles. The fourth-order valence-corrected chi connectivity index (χ4v) is 3.85. The van der Waals surface area contributed by atoms with E-state index in [0.29, 0.717) is 38.2 Å². The molecule has 0 radical (unpaired) electrons. The Morgan fingerprint density at radius 2 is 1.91 bits per heavy atom. The molecule has 0 aromatic carbocycles. The van der Waals surface area contributed by atoms with Crippen molar-refractivity contribution in [2.24, 2.45) is 5.92 Å². The molecule has 0 saturated heterocycles. The molecule has 0 spiro atoms. The van der Waals surface area contributed by atoms with Gasteiger partial charge in [0.15, 0.2) is 0 Å². The third-order valence-electron chi connectivity index (χ3n) is 5.79. The summed E-state index contributed by atoms with van der Waals surface area (Å²) in [5, 5.41) is 10.00. The topological polar surface area (TPSA) is 117 Å². The molecule has 13 heteroatoms. The summed E-state index contributed by atoms with van der Waals surface area (Å²) in [6.07, 6.45) is 0.226. The summed E-state index contributed by atoms with van der Waals surface area (Å²) >= 11 is 0. The van der Waals surface area contributed by atoms with Gasteiger partial charge in [0, 0.05) is 44.1 Å². The van der Waals surface area contributed by atoms with Crippen molar-refractivity contribution in [3.05, 3.63) is 47.8 Å². The van der Waals surface area contributed by atoms with E-state index in [4.69, 9.17) is 9.90 Å². The van der Waals surface area contributed by atoms with E-state index in [-0.39, 0.29) is 30.2 Å². The van der Waals surface area contributed by atoms with Crippen molar-refractivity contribution in [1.82, 2.24) is 24.8 Å². The highest BCUT2D eigenvalue weighted by atomic mass is 19.4. The van der Waals surface area contributed by atoms with Crippen LogP contribution in [0.15, 0.2) is 30.7 Å². The zero-order chi connectivity index (χ0) is 25.8. The Kier molecular flexibility index (Phi) is 8.07. The molecule has 1 unspecified atom stereocenters.